The zero-order chi connectivity index (χ0) is 6.95. The smallest absolute Gasteiger partial charge is 0.108 e. The Kier molecular flexibility index (Phi) is 7.65. The predicted molar refractivity (Wildman–Crippen MR) is 46.1 cm³/mol. The molecule has 0 aliphatic rings. The largest absolute Gasteiger partial charge is 0.368 e. The topological polar surface area (TPSA) is 9.23 Å². The maximum absolute atomic E-state index is 4.99. The van der Waals surface area contributed by atoms with E-state index in [1.54, 1.807) is 0 Å². The van der Waals surface area contributed by atoms with Gasteiger partial charge in [0.1, 0.15) is 6.61 Å². The summed E-state index contributed by atoms with van der Waals surface area (Å²) in [6.07, 6.45) is 5.65. The van der Waals surface area contributed by atoms with Crippen molar-refractivity contribution in [3.8, 4) is 22.2 Å². The van der Waals surface area contributed by atoms with Crippen LogP contribution in [0.3, 0.4) is 0 Å². The molecular formula is C7H7IO. The summed E-state index contributed by atoms with van der Waals surface area (Å²) in [5.41, 5.74) is 0. The minimum Gasteiger partial charge on any atom is -0.368 e. The Morgan fingerprint density at radius 1 is 1.56 bits per heavy atom. The second-order valence-electron chi connectivity index (χ2n) is 1.28. The minimum atomic E-state index is 0.491. The van der Waals surface area contributed by atoms with Crippen LogP contribution in [0.25, 0.3) is 0 Å². The van der Waals surface area contributed by atoms with E-state index in [1.807, 2.05) is 22.6 Å². The van der Waals surface area contributed by atoms with Crippen LogP contribution in [0.1, 0.15) is 6.42 Å². The number of ether oxygens (including phenoxy) is 1. The van der Waals surface area contributed by atoms with Crippen molar-refractivity contribution < 1.29 is 4.74 Å². The SMILES string of the molecule is C#CCCOCC#CI. The molecule has 0 aromatic rings. The van der Waals surface area contributed by atoms with Gasteiger partial charge in [-0.1, -0.05) is 5.92 Å². The van der Waals surface area contributed by atoms with Gasteiger partial charge in [-0.25, -0.2) is 0 Å². The van der Waals surface area contributed by atoms with Crippen LogP contribution in [0.4, 0.5) is 0 Å². The first-order valence-electron chi connectivity index (χ1n) is 2.51. The molecule has 0 atom stereocenters. The molecule has 0 aromatic carbocycles. The summed E-state index contributed by atoms with van der Waals surface area (Å²) in [7, 11) is 0. The van der Waals surface area contributed by atoms with Crippen LogP contribution in [0, 0.1) is 22.2 Å². The van der Waals surface area contributed by atoms with Crippen molar-refractivity contribution in [2.24, 2.45) is 0 Å². The van der Waals surface area contributed by atoms with Gasteiger partial charge in [0.15, 0.2) is 0 Å². The van der Waals surface area contributed by atoms with Gasteiger partial charge in [-0.05, 0) is 3.93 Å². The molecule has 0 radical (unpaired) electrons. The first-order valence-corrected chi connectivity index (χ1v) is 3.59. The molecule has 0 aliphatic carbocycles. The molecule has 0 unspecified atom stereocenters. The number of hydrogen-bond donors (Lipinski definition) is 0. The highest BCUT2D eigenvalue weighted by Gasteiger charge is 1.78. The van der Waals surface area contributed by atoms with E-state index in [4.69, 9.17) is 11.2 Å². The van der Waals surface area contributed by atoms with Crippen LogP contribution in [0.15, 0.2) is 0 Å². The summed E-state index contributed by atoms with van der Waals surface area (Å²) in [5, 5.41) is 0. The summed E-state index contributed by atoms with van der Waals surface area (Å²) in [5.74, 6) is 5.22. The second kappa shape index (κ2) is 7.81. The summed E-state index contributed by atoms with van der Waals surface area (Å²) in [6, 6.07) is 0. The molecule has 0 N–H and O–H groups in total. The third-order valence-electron chi connectivity index (χ3n) is 0.632. The Balaban J connectivity index is 2.91. The van der Waals surface area contributed by atoms with E-state index < -0.39 is 0 Å². The number of halogens is 1. The molecule has 2 heteroatoms. The van der Waals surface area contributed by atoms with E-state index in [9.17, 15) is 0 Å². The van der Waals surface area contributed by atoms with E-state index in [2.05, 4.69) is 15.8 Å². The number of hydrogen-bond acceptors (Lipinski definition) is 1. The molecule has 0 fully saturated rings. The lowest BCUT2D eigenvalue weighted by molar-refractivity contribution is 0.174. The number of terminal acetylenes is 1. The molecule has 1 nitrogen and oxygen atoms in total. The molecule has 0 spiro atoms. The normalized spacial score (nSPS) is 7.11. The van der Waals surface area contributed by atoms with Gasteiger partial charge in [0.05, 0.1) is 6.61 Å². The van der Waals surface area contributed by atoms with Gasteiger partial charge < -0.3 is 4.74 Å². The lowest BCUT2D eigenvalue weighted by Crippen LogP contribution is -1.92. The Morgan fingerprint density at radius 3 is 2.89 bits per heavy atom. The average molecular weight is 234 g/mol. The molecule has 0 saturated heterocycles. The fourth-order valence-corrected chi connectivity index (χ4v) is 0.437. The molecule has 0 amide bonds. The first kappa shape index (κ1) is 8.81. The first-order chi connectivity index (χ1) is 4.41. The molecule has 0 bridgehead atoms. The fraction of sp³-hybridized carbons (Fsp3) is 0.429. The standard InChI is InChI=1S/C7H7IO/c1-2-3-6-9-7-4-5-8/h1H,3,6-7H2. The molecule has 9 heavy (non-hydrogen) atoms. The van der Waals surface area contributed by atoms with Crippen LogP contribution in [0.5, 0.6) is 0 Å². The molecule has 0 saturated carbocycles. The predicted octanol–water partition coefficient (Wildman–Crippen LogP) is 1.42. The van der Waals surface area contributed by atoms with Gasteiger partial charge in [-0.15, -0.1) is 12.3 Å². The molecule has 0 aromatic heterocycles. The van der Waals surface area contributed by atoms with E-state index in [0.29, 0.717) is 19.6 Å². The lowest BCUT2D eigenvalue weighted by Gasteiger charge is -1.91. The van der Waals surface area contributed by atoms with Crippen molar-refractivity contribution in [3.63, 3.8) is 0 Å². The highest BCUT2D eigenvalue weighted by Crippen LogP contribution is 1.78. The van der Waals surface area contributed by atoms with Gasteiger partial charge in [0, 0.05) is 29.0 Å². The third kappa shape index (κ3) is 7.81. The maximum Gasteiger partial charge on any atom is 0.108 e. The van der Waals surface area contributed by atoms with Gasteiger partial charge in [-0.3, -0.25) is 0 Å². The van der Waals surface area contributed by atoms with Crippen molar-refractivity contribution >= 4 is 22.6 Å². The fourth-order valence-electron chi connectivity index (χ4n) is 0.282. The van der Waals surface area contributed by atoms with Gasteiger partial charge in [0.2, 0.25) is 0 Å². The van der Waals surface area contributed by atoms with E-state index in [0.717, 1.165) is 0 Å². The summed E-state index contributed by atoms with van der Waals surface area (Å²) in [6.45, 7) is 1.10. The van der Waals surface area contributed by atoms with Crippen LogP contribution >= 0.6 is 22.6 Å². The van der Waals surface area contributed by atoms with Crippen LogP contribution in [-0.4, -0.2) is 13.2 Å². The van der Waals surface area contributed by atoms with Crippen molar-refractivity contribution in [3.05, 3.63) is 0 Å². The molecule has 0 heterocycles. The zero-order valence-electron chi connectivity index (χ0n) is 4.98. The van der Waals surface area contributed by atoms with Crippen LogP contribution in [0.2, 0.25) is 0 Å². The molecule has 0 rings (SSSR count). The lowest BCUT2D eigenvalue weighted by atomic mass is 10.5. The zero-order valence-corrected chi connectivity index (χ0v) is 7.14. The van der Waals surface area contributed by atoms with Crippen molar-refractivity contribution in [2.45, 2.75) is 6.42 Å². The highest BCUT2D eigenvalue weighted by atomic mass is 127. The van der Waals surface area contributed by atoms with Gasteiger partial charge >= 0.3 is 0 Å². The Bertz CT molecular complexity index is 147. The molecule has 48 valence electrons. The maximum atomic E-state index is 4.99. The van der Waals surface area contributed by atoms with Gasteiger partial charge in [-0.2, -0.15) is 0 Å². The van der Waals surface area contributed by atoms with E-state index >= 15 is 0 Å². The van der Waals surface area contributed by atoms with Crippen molar-refractivity contribution in [1.29, 1.82) is 0 Å². The Hall–Kier alpha value is -0.190. The highest BCUT2D eigenvalue weighted by molar-refractivity contribution is 14.1. The molecular weight excluding hydrogens is 227 g/mol. The minimum absolute atomic E-state index is 0.491. The van der Waals surface area contributed by atoms with E-state index in [1.165, 1.54) is 0 Å². The monoisotopic (exact) mass is 234 g/mol. The van der Waals surface area contributed by atoms with E-state index in [-0.39, 0.29) is 0 Å². The summed E-state index contributed by atoms with van der Waals surface area (Å²) >= 11 is 1.97. The van der Waals surface area contributed by atoms with Crippen LogP contribution < -0.4 is 0 Å². The van der Waals surface area contributed by atoms with Crippen molar-refractivity contribution in [1.82, 2.24) is 0 Å². The average Bonchev–Trinajstić information content (AvgIpc) is 1.89. The third-order valence-corrected chi connectivity index (χ3v) is 1.01. The second-order valence-corrected chi connectivity index (χ2v) is 1.82. The molecule has 0 aliphatic heterocycles. The number of rotatable bonds is 3. The van der Waals surface area contributed by atoms with Crippen LogP contribution in [-0.2, 0) is 4.74 Å². The quantitative estimate of drug-likeness (QED) is 0.407. The summed E-state index contributed by atoms with van der Waals surface area (Å²) in [4.78, 5) is 0. The Morgan fingerprint density at radius 2 is 2.33 bits per heavy atom. The summed E-state index contributed by atoms with van der Waals surface area (Å²) < 4.78 is 7.68. The Labute approximate surface area is 69.3 Å². The van der Waals surface area contributed by atoms with Gasteiger partial charge in [0.25, 0.3) is 0 Å². The van der Waals surface area contributed by atoms with Crippen molar-refractivity contribution in [2.75, 3.05) is 13.2 Å².